The van der Waals surface area contributed by atoms with Gasteiger partial charge in [-0.25, -0.2) is 0 Å². The molecule has 6 nitrogen and oxygen atoms in total. The lowest BCUT2D eigenvalue weighted by Crippen LogP contribution is -2.45. The highest BCUT2D eigenvalue weighted by atomic mass is 16.5. The van der Waals surface area contributed by atoms with E-state index in [1.165, 1.54) is 154 Å². The van der Waals surface area contributed by atoms with Crippen molar-refractivity contribution in [3.63, 3.8) is 0 Å². The lowest BCUT2D eigenvalue weighted by Gasteiger charge is -2.22. The summed E-state index contributed by atoms with van der Waals surface area (Å²) in [6, 6.07) is -0.558. The second kappa shape index (κ2) is 48.7. The van der Waals surface area contributed by atoms with Crippen LogP contribution in [0.4, 0.5) is 0 Å². The van der Waals surface area contributed by atoms with E-state index in [1.54, 1.807) is 0 Å². The largest absolute Gasteiger partial charge is 0.466 e. The first-order valence-corrected chi connectivity index (χ1v) is 25.8. The van der Waals surface area contributed by atoms with Gasteiger partial charge in [-0.3, -0.25) is 9.59 Å². The average Bonchev–Trinajstić information content (AvgIpc) is 3.24. The molecule has 0 bridgehead atoms. The SMILES string of the molecule is CCCCC/C=C\CCCCCCCC(=O)OCCCCC/C=C\C=C/CCCCCCCCC(=O)NC(CO)C(O)CCCCCCCCCCCCCCCCC. The molecule has 0 fully saturated rings. The molecule has 0 spiro atoms. The van der Waals surface area contributed by atoms with E-state index in [9.17, 15) is 19.8 Å². The minimum Gasteiger partial charge on any atom is -0.466 e. The van der Waals surface area contributed by atoms with Gasteiger partial charge < -0.3 is 20.3 Å². The third kappa shape index (κ3) is 45.4. The molecule has 0 aromatic carbocycles. The Balaban J connectivity index is 3.54. The summed E-state index contributed by atoms with van der Waals surface area (Å²) in [6.45, 7) is 4.86. The highest BCUT2D eigenvalue weighted by molar-refractivity contribution is 5.76. The predicted molar refractivity (Wildman–Crippen MR) is 255 cm³/mol. The lowest BCUT2D eigenvalue weighted by atomic mass is 10.0. The standard InChI is InChI=1S/C53H99NO5/c1-3-5-7-9-11-13-15-17-19-22-25-29-33-37-41-45-51(56)50(49-55)54-52(57)46-42-38-34-30-26-23-20-18-21-24-28-32-36-40-44-48-59-53(58)47-43-39-35-31-27-16-14-12-10-8-6-4-2/h12,14,18,21,24,28,50-51,55-56H,3-11,13,15-17,19-20,22-23,25-27,29-49H2,1-2H3,(H,54,57)/b14-12-,21-18-,28-24-. The highest BCUT2D eigenvalue weighted by Gasteiger charge is 2.20. The number of rotatable bonds is 47. The molecule has 6 heteroatoms. The van der Waals surface area contributed by atoms with Crippen LogP contribution in [0.25, 0.3) is 0 Å². The summed E-state index contributed by atoms with van der Waals surface area (Å²) in [5.74, 6) is -0.0902. The molecule has 0 aliphatic heterocycles. The van der Waals surface area contributed by atoms with E-state index in [1.807, 2.05) is 0 Å². The maximum Gasteiger partial charge on any atom is 0.305 e. The van der Waals surface area contributed by atoms with Crippen molar-refractivity contribution in [2.45, 2.75) is 276 Å². The minimum absolute atomic E-state index is 0.0322. The molecule has 0 heterocycles. The van der Waals surface area contributed by atoms with E-state index in [2.05, 4.69) is 55.6 Å². The number of ether oxygens (including phenoxy) is 1. The fourth-order valence-electron chi connectivity index (χ4n) is 7.68. The zero-order valence-corrected chi connectivity index (χ0v) is 39.2. The molecule has 2 unspecified atom stereocenters. The van der Waals surface area contributed by atoms with Crippen LogP contribution < -0.4 is 5.32 Å². The molecule has 0 rings (SSSR count). The smallest absolute Gasteiger partial charge is 0.305 e. The number of amides is 1. The van der Waals surface area contributed by atoms with E-state index >= 15 is 0 Å². The number of aliphatic hydroxyl groups excluding tert-OH is 2. The lowest BCUT2D eigenvalue weighted by molar-refractivity contribution is -0.143. The molecular formula is C53H99NO5. The van der Waals surface area contributed by atoms with Gasteiger partial charge in [-0.1, -0.05) is 204 Å². The second-order valence-corrected chi connectivity index (χ2v) is 17.5. The summed E-state index contributed by atoms with van der Waals surface area (Å²) in [5, 5.41) is 23.2. The van der Waals surface area contributed by atoms with Gasteiger partial charge in [0.15, 0.2) is 0 Å². The zero-order valence-electron chi connectivity index (χ0n) is 39.2. The van der Waals surface area contributed by atoms with E-state index in [0.717, 1.165) is 77.0 Å². The van der Waals surface area contributed by atoms with Crippen LogP contribution in [0, 0.1) is 0 Å². The number of carbonyl (C=O) groups excluding carboxylic acids is 2. The highest BCUT2D eigenvalue weighted by Crippen LogP contribution is 2.16. The van der Waals surface area contributed by atoms with Crippen molar-refractivity contribution in [3.05, 3.63) is 36.5 Å². The molecule has 0 aliphatic rings. The van der Waals surface area contributed by atoms with E-state index in [4.69, 9.17) is 4.74 Å². The maximum atomic E-state index is 12.4. The third-order valence-electron chi connectivity index (χ3n) is 11.7. The zero-order chi connectivity index (χ0) is 43.0. The number of hydrogen-bond acceptors (Lipinski definition) is 5. The molecule has 0 aliphatic carbocycles. The molecule has 0 aromatic heterocycles. The normalized spacial score (nSPS) is 12.9. The topological polar surface area (TPSA) is 95.9 Å². The van der Waals surface area contributed by atoms with Crippen LogP contribution in [-0.4, -0.2) is 47.4 Å². The van der Waals surface area contributed by atoms with Gasteiger partial charge in [0.2, 0.25) is 5.91 Å². The number of hydrogen-bond donors (Lipinski definition) is 3. The van der Waals surface area contributed by atoms with E-state index in [-0.39, 0.29) is 18.5 Å². The fraction of sp³-hybridized carbons (Fsp3) is 0.849. The molecule has 346 valence electrons. The first-order valence-electron chi connectivity index (χ1n) is 25.8. The second-order valence-electron chi connectivity index (χ2n) is 17.5. The molecule has 0 aromatic rings. The van der Waals surface area contributed by atoms with Gasteiger partial charge in [0.1, 0.15) is 0 Å². The first kappa shape index (κ1) is 57.1. The fourth-order valence-corrected chi connectivity index (χ4v) is 7.68. The van der Waals surface area contributed by atoms with Gasteiger partial charge in [0.25, 0.3) is 0 Å². The van der Waals surface area contributed by atoms with Gasteiger partial charge in [-0.2, -0.15) is 0 Å². The molecular weight excluding hydrogens is 731 g/mol. The summed E-state index contributed by atoms with van der Waals surface area (Å²) in [6.07, 6.45) is 58.3. The monoisotopic (exact) mass is 830 g/mol. The van der Waals surface area contributed by atoms with Crippen LogP contribution in [0.15, 0.2) is 36.5 Å². The van der Waals surface area contributed by atoms with Crippen molar-refractivity contribution in [2.75, 3.05) is 13.2 Å². The van der Waals surface area contributed by atoms with Crippen LogP contribution in [0.2, 0.25) is 0 Å². The Bertz CT molecular complexity index is 962. The minimum atomic E-state index is -0.678. The molecule has 59 heavy (non-hydrogen) atoms. The summed E-state index contributed by atoms with van der Waals surface area (Å²) >= 11 is 0. The number of nitrogens with one attached hydrogen (secondary N) is 1. The molecule has 0 saturated heterocycles. The quantitative estimate of drug-likeness (QED) is 0.0246. The van der Waals surface area contributed by atoms with Crippen molar-refractivity contribution in [3.8, 4) is 0 Å². The number of carbonyl (C=O) groups is 2. The van der Waals surface area contributed by atoms with Crippen LogP contribution in [0.1, 0.15) is 264 Å². The van der Waals surface area contributed by atoms with Gasteiger partial charge in [0, 0.05) is 12.8 Å². The maximum absolute atomic E-state index is 12.4. The van der Waals surface area contributed by atoms with Crippen LogP contribution >= 0.6 is 0 Å². The van der Waals surface area contributed by atoms with Gasteiger partial charge in [-0.05, 0) is 83.5 Å². The number of aliphatic hydroxyl groups is 2. The molecule has 0 saturated carbocycles. The number of allylic oxidation sites excluding steroid dienone is 6. The third-order valence-corrected chi connectivity index (χ3v) is 11.7. The summed E-state index contributed by atoms with van der Waals surface area (Å²) in [7, 11) is 0. The Labute approximate surface area is 366 Å². The van der Waals surface area contributed by atoms with Crippen LogP contribution in [-0.2, 0) is 14.3 Å². The van der Waals surface area contributed by atoms with Crippen LogP contribution in [0.5, 0.6) is 0 Å². The summed E-state index contributed by atoms with van der Waals surface area (Å²) in [5.41, 5.74) is 0. The van der Waals surface area contributed by atoms with Gasteiger partial charge in [-0.15, -0.1) is 0 Å². The Hall–Kier alpha value is -1.92. The van der Waals surface area contributed by atoms with Crippen molar-refractivity contribution in [1.29, 1.82) is 0 Å². The summed E-state index contributed by atoms with van der Waals surface area (Å²) in [4.78, 5) is 24.4. The predicted octanol–water partition coefficient (Wildman–Crippen LogP) is 15.3. The Morgan fingerprint density at radius 1 is 0.475 bits per heavy atom. The van der Waals surface area contributed by atoms with Crippen molar-refractivity contribution in [1.82, 2.24) is 5.32 Å². The van der Waals surface area contributed by atoms with Crippen molar-refractivity contribution >= 4 is 11.9 Å². The van der Waals surface area contributed by atoms with E-state index in [0.29, 0.717) is 25.9 Å². The molecule has 1 amide bonds. The average molecular weight is 830 g/mol. The van der Waals surface area contributed by atoms with Crippen molar-refractivity contribution in [2.24, 2.45) is 0 Å². The number of unbranched alkanes of at least 4 members (excludes halogenated alkanes) is 31. The van der Waals surface area contributed by atoms with E-state index < -0.39 is 12.1 Å². The molecule has 3 N–H and O–H groups in total. The van der Waals surface area contributed by atoms with Crippen LogP contribution in [0.3, 0.4) is 0 Å². The first-order chi connectivity index (χ1) is 29.0. The Kier molecular flexibility index (Phi) is 47.2. The molecule has 0 radical (unpaired) electrons. The Morgan fingerprint density at radius 2 is 0.847 bits per heavy atom. The van der Waals surface area contributed by atoms with Gasteiger partial charge in [0.05, 0.1) is 25.4 Å². The Morgan fingerprint density at radius 3 is 1.34 bits per heavy atom. The summed E-state index contributed by atoms with van der Waals surface area (Å²) < 4.78 is 5.42. The van der Waals surface area contributed by atoms with Crippen molar-refractivity contribution < 1.29 is 24.5 Å². The molecule has 2 atom stereocenters. The number of esters is 1. The van der Waals surface area contributed by atoms with Gasteiger partial charge >= 0.3 is 5.97 Å².